The molecule has 0 saturated heterocycles. The molecule has 0 fully saturated rings. The van der Waals surface area contributed by atoms with Crippen LogP contribution in [-0.4, -0.2) is 12.0 Å². The number of rotatable bonds is 2. The van der Waals surface area contributed by atoms with Gasteiger partial charge < -0.3 is 9.73 Å². The van der Waals surface area contributed by atoms with E-state index in [9.17, 15) is 0 Å². The van der Waals surface area contributed by atoms with Crippen LogP contribution in [0.5, 0.6) is 0 Å². The molecule has 3 nitrogen and oxygen atoms in total. The van der Waals surface area contributed by atoms with Crippen molar-refractivity contribution in [3.8, 4) is 0 Å². The second-order valence-electron chi connectivity index (χ2n) is 1.91. The zero-order valence-corrected chi connectivity index (χ0v) is 5.59. The van der Waals surface area contributed by atoms with Crippen LogP contribution in [0.1, 0.15) is 18.7 Å². The van der Waals surface area contributed by atoms with Crippen molar-refractivity contribution in [1.82, 2.24) is 10.3 Å². The lowest BCUT2D eigenvalue weighted by molar-refractivity contribution is 0.446. The van der Waals surface area contributed by atoms with Gasteiger partial charge in [0.1, 0.15) is 5.76 Å². The standard InChI is InChI=1S/C6H10N2O/c1-5(7-2)6-3-8-4-9-6/h3-5,7H,1-2H3. The Morgan fingerprint density at radius 1 is 1.78 bits per heavy atom. The van der Waals surface area contributed by atoms with E-state index in [4.69, 9.17) is 4.42 Å². The van der Waals surface area contributed by atoms with Gasteiger partial charge in [-0.15, -0.1) is 0 Å². The first-order chi connectivity index (χ1) is 4.34. The largest absolute Gasteiger partial charge is 0.447 e. The molecule has 0 bridgehead atoms. The normalized spacial score (nSPS) is 13.6. The van der Waals surface area contributed by atoms with Crippen LogP contribution in [0.3, 0.4) is 0 Å². The predicted octanol–water partition coefficient (Wildman–Crippen LogP) is 0.955. The molecule has 1 aromatic heterocycles. The maximum absolute atomic E-state index is 5.01. The van der Waals surface area contributed by atoms with E-state index in [-0.39, 0.29) is 6.04 Å². The van der Waals surface area contributed by atoms with E-state index >= 15 is 0 Å². The summed E-state index contributed by atoms with van der Waals surface area (Å²) in [6.07, 6.45) is 3.14. The van der Waals surface area contributed by atoms with Gasteiger partial charge in [-0.1, -0.05) is 0 Å². The molecule has 0 aromatic carbocycles. The maximum atomic E-state index is 5.01. The quantitative estimate of drug-likeness (QED) is 0.641. The second kappa shape index (κ2) is 2.64. The van der Waals surface area contributed by atoms with Gasteiger partial charge >= 0.3 is 0 Å². The molecule has 0 aliphatic carbocycles. The molecule has 0 aliphatic rings. The van der Waals surface area contributed by atoms with Crippen molar-refractivity contribution in [2.45, 2.75) is 13.0 Å². The highest BCUT2D eigenvalue weighted by Crippen LogP contribution is 2.08. The van der Waals surface area contributed by atoms with Gasteiger partial charge in [-0.2, -0.15) is 0 Å². The van der Waals surface area contributed by atoms with Gasteiger partial charge in [0.15, 0.2) is 6.39 Å². The Morgan fingerprint density at radius 2 is 2.56 bits per heavy atom. The van der Waals surface area contributed by atoms with Crippen LogP contribution in [0.25, 0.3) is 0 Å². The molecule has 0 spiro atoms. The third-order valence-corrected chi connectivity index (χ3v) is 1.31. The van der Waals surface area contributed by atoms with Gasteiger partial charge in [0.25, 0.3) is 0 Å². The SMILES string of the molecule is CNC(C)c1cnco1. The summed E-state index contributed by atoms with van der Waals surface area (Å²) in [5, 5.41) is 3.03. The van der Waals surface area contributed by atoms with Crippen LogP contribution < -0.4 is 5.32 Å². The van der Waals surface area contributed by atoms with Gasteiger partial charge in [0, 0.05) is 0 Å². The Morgan fingerprint density at radius 3 is 3.00 bits per heavy atom. The molecule has 1 aromatic rings. The lowest BCUT2D eigenvalue weighted by atomic mass is 10.3. The number of nitrogens with one attached hydrogen (secondary N) is 1. The van der Waals surface area contributed by atoms with Crippen LogP contribution in [0.15, 0.2) is 17.0 Å². The first kappa shape index (κ1) is 6.29. The lowest BCUT2D eigenvalue weighted by Crippen LogP contribution is -2.10. The van der Waals surface area contributed by atoms with Gasteiger partial charge in [-0.05, 0) is 14.0 Å². The molecule has 1 atom stereocenters. The van der Waals surface area contributed by atoms with Crippen molar-refractivity contribution in [3.05, 3.63) is 18.4 Å². The van der Waals surface area contributed by atoms with Crippen molar-refractivity contribution < 1.29 is 4.42 Å². The number of aromatic nitrogens is 1. The number of hydrogen-bond acceptors (Lipinski definition) is 3. The molecule has 9 heavy (non-hydrogen) atoms. The first-order valence-electron chi connectivity index (χ1n) is 2.90. The fraction of sp³-hybridized carbons (Fsp3) is 0.500. The third-order valence-electron chi connectivity index (χ3n) is 1.31. The molecule has 3 heteroatoms. The summed E-state index contributed by atoms with van der Waals surface area (Å²) >= 11 is 0. The van der Waals surface area contributed by atoms with E-state index < -0.39 is 0 Å². The second-order valence-corrected chi connectivity index (χ2v) is 1.91. The number of nitrogens with zero attached hydrogens (tertiary/aromatic N) is 1. The minimum Gasteiger partial charge on any atom is -0.447 e. The average Bonchev–Trinajstić information content (AvgIpc) is 2.37. The summed E-state index contributed by atoms with van der Waals surface area (Å²) in [5.74, 6) is 0.873. The van der Waals surface area contributed by atoms with Gasteiger partial charge in [0.2, 0.25) is 0 Å². The van der Waals surface area contributed by atoms with E-state index in [1.165, 1.54) is 6.39 Å². The minimum atomic E-state index is 0.257. The molecule has 1 N–H and O–H groups in total. The average molecular weight is 126 g/mol. The minimum absolute atomic E-state index is 0.257. The Balaban J connectivity index is 2.65. The summed E-state index contributed by atoms with van der Waals surface area (Å²) < 4.78 is 5.01. The van der Waals surface area contributed by atoms with Crippen molar-refractivity contribution >= 4 is 0 Å². The van der Waals surface area contributed by atoms with E-state index in [2.05, 4.69) is 10.3 Å². The summed E-state index contributed by atoms with van der Waals surface area (Å²) in [7, 11) is 1.88. The predicted molar refractivity (Wildman–Crippen MR) is 34.0 cm³/mol. The lowest BCUT2D eigenvalue weighted by Gasteiger charge is -2.02. The summed E-state index contributed by atoms with van der Waals surface area (Å²) in [4.78, 5) is 3.78. The molecule has 50 valence electrons. The van der Waals surface area contributed by atoms with Crippen molar-refractivity contribution in [2.24, 2.45) is 0 Å². The fourth-order valence-electron chi connectivity index (χ4n) is 0.582. The maximum Gasteiger partial charge on any atom is 0.180 e. The Labute approximate surface area is 54.1 Å². The van der Waals surface area contributed by atoms with Crippen molar-refractivity contribution in [2.75, 3.05) is 7.05 Å². The van der Waals surface area contributed by atoms with Crippen LogP contribution in [0.2, 0.25) is 0 Å². The molecule has 1 rings (SSSR count). The number of oxazole rings is 1. The van der Waals surface area contributed by atoms with Crippen LogP contribution in [0, 0.1) is 0 Å². The molecular weight excluding hydrogens is 116 g/mol. The Bertz CT molecular complexity index is 160. The topological polar surface area (TPSA) is 38.1 Å². The summed E-state index contributed by atoms with van der Waals surface area (Å²) in [5.41, 5.74) is 0. The Hall–Kier alpha value is -0.830. The van der Waals surface area contributed by atoms with Gasteiger partial charge in [-0.3, -0.25) is 0 Å². The van der Waals surface area contributed by atoms with Crippen LogP contribution in [0.4, 0.5) is 0 Å². The van der Waals surface area contributed by atoms with Crippen molar-refractivity contribution in [1.29, 1.82) is 0 Å². The van der Waals surface area contributed by atoms with Gasteiger partial charge in [0.05, 0.1) is 12.2 Å². The zero-order valence-electron chi connectivity index (χ0n) is 5.59. The number of hydrogen-bond donors (Lipinski definition) is 1. The summed E-state index contributed by atoms with van der Waals surface area (Å²) in [6, 6.07) is 0.257. The van der Waals surface area contributed by atoms with E-state index in [0.717, 1.165) is 5.76 Å². The molecule has 0 saturated carbocycles. The Kier molecular flexibility index (Phi) is 1.85. The third kappa shape index (κ3) is 1.29. The highest BCUT2D eigenvalue weighted by molar-refractivity contribution is 4.94. The fourth-order valence-corrected chi connectivity index (χ4v) is 0.582. The molecule has 0 aliphatic heterocycles. The van der Waals surface area contributed by atoms with Crippen molar-refractivity contribution in [3.63, 3.8) is 0 Å². The van der Waals surface area contributed by atoms with E-state index in [0.29, 0.717) is 0 Å². The smallest absolute Gasteiger partial charge is 0.180 e. The van der Waals surface area contributed by atoms with E-state index in [1.807, 2.05) is 14.0 Å². The van der Waals surface area contributed by atoms with E-state index in [1.54, 1.807) is 6.20 Å². The highest BCUT2D eigenvalue weighted by atomic mass is 16.3. The molecule has 1 unspecified atom stereocenters. The molecule has 1 heterocycles. The molecular formula is C6H10N2O. The van der Waals surface area contributed by atoms with Crippen LogP contribution in [-0.2, 0) is 0 Å². The first-order valence-corrected chi connectivity index (χ1v) is 2.90. The van der Waals surface area contributed by atoms with Crippen LogP contribution >= 0.6 is 0 Å². The zero-order chi connectivity index (χ0) is 6.69. The van der Waals surface area contributed by atoms with Gasteiger partial charge in [-0.25, -0.2) is 4.98 Å². The highest BCUT2D eigenvalue weighted by Gasteiger charge is 2.03. The molecule has 0 radical (unpaired) electrons. The summed E-state index contributed by atoms with van der Waals surface area (Å²) in [6.45, 7) is 2.01. The molecule has 0 amide bonds. The monoisotopic (exact) mass is 126 g/mol.